The molecule has 0 aliphatic carbocycles. The molecule has 1 unspecified atom stereocenters. The lowest BCUT2D eigenvalue weighted by molar-refractivity contribution is 0.640. The molecule has 0 bridgehead atoms. The van der Waals surface area contributed by atoms with Crippen LogP contribution in [0.3, 0.4) is 0 Å². The predicted octanol–water partition coefficient (Wildman–Crippen LogP) is 4.78. The average Bonchev–Trinajstić information content (AvgIpc) is 2.79. The number of imidazole rings is 1. The van der Waals surface area contributed by atoms with E-state index in [4.69, 9.17) is 0 Å². The number of halogens is 1. The van der Waals surface area contributed by atoms with Crippen molar-refractivity contribution in [1.29, 1.82) is 0 Å². The van der Waals surface area contributed by atoms with Gasteiger partial charge in [-0.25, -0.2) is 4.98 Å². The quantitative estimate of drug-likeness (QED) is 0.770. The molecule has 0 fully saturated rings. The molecule has 0 saturated heterocycles. The first-order chi connectivity index (χ1) is 9.61. The molecule has 0 aliphatic rings. The second kappa shape index (κ2) is 6.93. The van der Waals surface area contributed by atoms with Gasteiger partial charge in [-0.05, 0) is 38.0 Å². The maximum absolute atomic E-state index is 4.59. The number of anilines is 1. The summed E-state index contributed by atoms with van der Waals surface area (Å²) in [6.07, 6.45) is 4.46. The first-order valence-electron chi connectivity index (χ1n) is 7.16. The van der Waals surface area contributed by atoms with Crippen LogP contribution < -0.4 is 5.32 Å². The molecular formula is C16H22BrN3. The Bertz CT molecular complexity index is 563. The molecular weight excluding hydrogens is 314 g/mol. The van der Waals surface area contributed by atoms with Crippen LogP contribution in [0.4, 0.5) is 5.95 Å². The molecule has 108 valence electrons. The van der Waals surface area contributed by atoms with Gasteiger partial charge in [-0.1, -0.05) is 41.4 Å². The minimum absolute atomic E-state index is 0.262. The Morgan fingerprint density at radius 1 is 1.40 bits per heavy atom. The van der Waals surface area contributed by atoms with Crippen LogP contribution >= 0.6 is 15.9 Å². The van der Waals surface area contributed by atoms with E-state index in [1.807, 2.05) is 6.92 Å². The Labute approximate surface area is 129 Å². The van der Waals surface area contributed by atoms with Crippen molar-refractivity contribution >= 4 is 21.9 Å². The van der Waals surface area contributed by atoms with Crippen LogP contribution in [0.15, 0.2) is 34.9 Å². The van der Waals surface area contributed by atoms with Gasteiger partial charge < -0.3 is 9.88 Å². The molecule has 2 aromatic rings. The Morgan fingerprint density at radius 2 is 2.20 bits per heavy atom. The first kappa shape index (κ1) is 15.1. The largest absolute Gasteiger partial charge is 0.356 e. The molecule has 0 amide bonds. The zero-order valence-corrected chi connectivity index (χ0v) is 13.9. The fourth-order valence-corrected chi connectivity index (χ4v) is 2.66. The summed E-state index contributed by atoms with van der Waals surface area (Å²) in [6, 6.07) is 8.70. The highest BCUT2D eigenvalue weighted by molar-refractivity contribution is 9.10. The van der Waals surface area contributed by atoms with E-state index in [1.165, 1.54) is 12.0 Å². The highest BCUT2D eigenvalue weighted by atomic mass is 79.9. The average molecular weight is 336 g/mol. The van der Waals surface area contributed by atoms with Crippen molar-refractivity contribution in [3.63, 3.8) is 0 Å². The van der Waals surface area contributed by atoms with E-state index in [0.29, 0.717) is 0 Å². The fourth-order valence-electron chi connectivity index (χ4n) is 2.25. The summed E-state index contributed by atoms with van der Waals surface area (Å²) in [6.45, 7) is 7.41. The van der Waals surface area contributed by atoms with E-state index in [-0.39, 0.29) is 6.04 Å². The normalized spacial score (nSPS) is 12.4. The third-order valence-electron chi connectivity index (χ3n) is 3.41. The van der Waals surface area contributed by atoms with E-state index in [1.54, 1.807) is 0 Å². The highest BCUT2D eigenvalue weighted by Crippen LogP contribution is 2.25. The minimum Gasteiger partial charge on any atom is -0.356 e. The highest BCUT2D eigenvalue weighted by Gasteiger charge is 2.13. The van der Waals surface area contributed by atoms with Crippen LogP contribution in [-0.4, -0.2) is 16.1 Å². The monoisotopic (exact) mass is 335 g/mol. The lowest BCUT2D eigenvalue weighted by Gasteiger charge is -2.17. The number of aryl methyl sites for hydroxylation is 1. The van der Waals surface area contributed by atoms with Gasteiger partial charge >= 0.3 is 0 Å². The summed E-state index contributed by atoms with van der Waals surface area (Å²) in [4.78, 5) is 4.59. The van der Waals surface area contributed by atoms with E-state index in [0.717, 1.165) is 29.1 Å². The lowest BCUT2D eigenvalue weighted by Crippen LogP contribution is -2.12. The minimum atomic E-state index is 0.262. The van der Waals surface area contributed by atoms with Crippen LogP contribution in [0.5, 0.6) is 0 Å². The Hall–Kier alpha value is -1.29. The number of nitrogens with one attached hydrogen (secondary N) is 1. The summed E-state index contributed by atoms with van der Waals surface area (Å²) in [5, 5.41) is 3.44. The Morgan fingerprint density at radius 3 is 2.90 bits per heavy atom. The van der Waals surface area contributed by atoms with E-state index < -0.39 is 0 Å². The summed E-state index contributed by atoms with van der Waals surface area (Å²) < 4.78 is 3.33. The van der Waals surface area contributed by atoms with Crippen molar-refractivity contribution in [3.8, 4) is 0 Å². The SMILES string of the molecule is CCCCNc1nc(C)cn1C(C)c1cccc(Br)c1. The Balaban J connectivity index is 2.22. The molecule has 1 N–H and O–H groups in total. The van der Waals surface area contributed by atoms with Crippen LogP contribution in [0.2, 0.25) is 0 Å². The molecule has 0 radical (unpaired) electrons. The number of nitrogens with zero attached hydrogens (tertiary/aromatic N) is 2. The Kier molecular flexibility index (Phi) is 5.24. The standard InChI is InChI=1S/C16H22BrN3/c1-4-5-9-18-16-19-12(2)11-20(16)13(3)14-7-6-8-15(17)10-14/h6-8,10-11,13H,4-5,9H2,1-3H3,(H,18,19). The topological polar surface area (TPSA) is 29.9 Å². The van der Waals surface area contributed by atoms with Crippen LogP contribution in [-0.2, 0) is 0 Å². The lowest BCUT2D eigenvalue weighted by atomic mass is 10.1. The number of rotatable bonds is 6. The number of benzene rings is 1. The molecule has 1 aromatic carbocycles. The molecule has 1 aromatic heterocycles. The third-order valence-corrected chi connectivity index (χ3v) is 3.91. The second-order valence-corrected chi connectivity index (χ2v) is 6.04. The first-order valence-corrected chi connectivity index (χ1v) is 7.96. The van der Waals surface area contributed by atoms with Crippen molar-refractivity contribution in [2.45, 2.75) is 39.7 Å². The molecule has 1 heterocycles. The number of hydrogen-bond acceptors (Lipinski definition) is 2. The molecule has 0 saturated carbocycles. The maximum atomic E-state index is 4.59. The maximum Gasteiger partial charge on any atom is 0.203 e. The van der Waals surface area contributed by atoms with Crippen LogP contribution in [0.1, 0.15) is 44.0 Å². The zero-order chi connectivity index (χ0) is 14.5. The summed E-state index contributed by atoms with van der Waals surface area (Å²) >= 11 is 3.54. The van der Waals surface area contributed by atoms with Gasteiger partial charge in [0.2, 0.25) is 5.95 Å². The van der Waals surface area contributed by atoms with E-state index in [2.05, 4.69) is 75.1 Å². The molecule has 20 heavy (non-hydrogen) atoms. The molecule has 2 rings (SSSR count). The second-order valence-electron chi connectivity index (χ2n) is 5.12. The van der Waals surface area contributed by atoms with Gasteiger partial charge in [0.15, 0.2) is 0 Å². The van der Waals surface area contributed by atoms with E-state index >= 15 is 0 Å². The zero-order valence-electron chi connectivity index (χ0n) is 12.4. The van der Waals surface area contributed by atoms with Crippen molar-refractivity contribution in [2.75, 3.05) is 11.9 Å². The van der Waals surface area contributed by atoms with Gasteiger partial charge in [-0.2, -0.15) is 0 Å². The molecule has 3 nitrogen and oxygen atoms in total. The third kappa shape index (κ3) is 3.63. The van der Waals surface area contributed by atoms with Crippen molar-refractivity contribution < 1.29 is 0 Å². The van der Waals surface area contributed by atoms with Crippen molar-refractivity contribution in [1.82, 2.24) is 9.55 Å². The fraction of sp³-hybridized carbons (Fsp3) is 0.438. The molecule has 1 atom stereocenters. The van der Waals surface area contributed by atoms with Gasteiger partial charge in [-0.3, -0.25) is 0 Å². The summed E-state index contributed by atoms with van der Waals surface area (Å²) in [5.41, 5.74) is 2.32. The molecule has 4 heteroatoms. The van der Waals surface area contributed by atoms with Crippen LogP contribution in [0.25, 0.3) is 0 Å². The molecule has 0 aliphatic heterocycles. The van der Waals surface area contributed by atoms with Crippen molar-refractivity contribution in [2.24, 2.45) is 0 Å². The number of unbranched alkanes of at least 4 members (excludes halogenated alkanes) is 1. The van der Waals surface area contributed by atoms with Crippen LogP contribution in [0, 0.1) is 6.92 Å². The van der Waals surface area contributed by atoms with Gasteiger partial charge in [0.1, 0.15) is 0 Å². The van der Waals surface area contributed by atoms with Crippen molar-refractivity contribution in [3.05, 3.63) is 46.2 Å². The van der Waals surface area contributed by atoms with Gasteiger partial charge in [0.25, 0.3) is 0 Å². The van der Waals surface area contributed by atoms with Gasteiger partial charge in [0.05, 0.1) is 11.7 Å². The molecule has 0 spiro atoms. The number of aromatic nitrogens is 2. The summed E-state index contributed by atoms with van der Waals surface area (Å²) in [5.74, 6) is 0.962. The predicted molar refractivity (Wildman–Crippen MR) is 88.3 cm³/mol. The van der Waals surface area contributed by atoms with E-state index in [9.17, 15) is 0 Å². The van der Waals surface area contributed by atoms with Gasteiger partial charge in [0, 0.05) is 17.2 Å². The summed E-state index contributed by atoms with van der Waals surface area (Å²) in [7, 11) is 0. The van der Waals surface area contributed by atoms with Gasteiger partial charge in [-0.15, -0.1) is 0 Å². The number of hydrogen-bond donors (Lipinski definition) is 1. The smallest absolute Gasteiger partial charge is 0.203 e.